The minimum absolute atomic E-state index is 0.148. The lowest BCUT2D eigenvalue weighted by Gasteiger charge is -2.01. The summed E-state index contributed by atoms with van der Waals surface area (Å²) in [6.07, 6.45) is -1.09. The van der Waals surface area contributed by atoms with Crippen molar-refractivity contribution in [3.63, 3.8) is 0 Å². The summed E-state index contributed by atoms with van der Waals surface area (Å²) in [5.41, 5.74) is 3.21. The molecule has 0 saturated carbocycles. The molecule has 0 fully saturated rings. The zero-order chi connectivity index (χ0) is 14.7. The number of nitrogens with zero attached hydrogens (tertiary/aromatic N) is 2. The smallest absolute Gasteiger partial charge is 0.261 e. The van der Waals surface area contributed by atoms with Crippen LogP contribution >= 0.6 is 0 Å². The van der Waals surface area contributed by atoms with Crippen molar-refractivity contribution in [3.8, 4) is 11.5 Å². The van der Waals surface area contributed by atoms with E-state index in [4.69, 9.17) is 9.26 Å². The van der Waals surface area contributed by atoms with E-state index in [1.165, 1.54) is 5.56 Å². The van der Waals surface area contributed by atoms with Gasteiger partial charge in [-0.25, -0.2) is 8.78 Å². The Bertz CT molecular complexity index is 616. The second-order valence-corrected chi connectivity index (χ2v) is 4.78. The van der Waals surface area contributed by atoms with E-state index in [0.717, 1.165) is 24.2 Å². The average Bonchev–Trinajstić information content (AvgIpc) is 3.11. The Labute approximate surface area is 120 Å². The molecule has 7 heteroatoms. The number of halogens is 2. The number of hydrogen-bond donors (Lipinski definition) is 1. The molecule has 3 rings (SSSR count). The van der Waals surface area contributed by atoms with Crippen LogP contribution in [-0.4, -0.2) is 36.3 Å². The lowest BCUT2D eigenvalue weighted by atomic mass is 10.1. The average molecular weight is 295 g/mol. The molecule has 0 aliphatic carbocycles. The molecule has 0 radical (unpaired) electrons. The number of nitrogens with one attached hydrogen (secondary N) is 1. The zero-order valence-electron chi connectivity index (χ0n) is 11.3. The fraction of sp³-hybridized carbons (Fsp3) is 0.429. The normalized spacial score (nSPS) is 13.5. The molecule has 1 N–H and O–H groups in total. The molecule has 0 bridgehead atoms. The minimum Gasteiger partial charge on any atom is -0.384 e. The van der Waals surface area contributed by atoms with Gasteiger partial charge in [0.15, 0.2) is 5.82 Å². The van der Waals surface area contributed by atoms with Gasteiger partial charge in [-0.3, -0.25) is 0 Å². The van der Waals surface area contributed by atoms with Crippen LogP contribution in [0.25, 0.3) is 11.5 Å². The Kier molecular flexibility index (Phi) is 4.10. The van der Waals surface area contributed by atoms with Gasteiger partial charge in [-0.1, -0.05) is 11.2 Å². The van der Waals surface area contributed by atoms with E-state index in [0.29, 0.717) is 18.1 Å². The summed E-state index contributed by atoms with van der Waals surface area (Å²) >= 11 is 0. The van der Waals surface area contributed by atoms with Gasteiger partial charge in [0.05, 0.1) is 6.61 Å². The molecule has 0 amide bonds. The Morgan fingerprint density at radius 1 is 1.38 bits per heavy atom. The molecule has 2 heterocycles. The zero-order valence-corrected chi connectivity index (χ0v) is 11.3. The highest BCUT2D eigenvalue weighted by atomic mass is 19.3. The number of ether oxygens (including phenoxy) is 1. The third kappa shape index (κ3) is 3.36. The van der Waals surface area contributed by atoms with Crippen LogP contribution in [0.3, 0.4) is 0 Å². The predicted octanol–water partition coefficient (Wildman–Crippen LogP) is 2.53. The van der Waals surface area contributed by atoms with Crippen molar-refractivity contribution in [3.05, 3.63) is 29.6 Å². The first-order valence-electron chi connectivity index (χ1n) is 6.78. The van der Waals surface area contributed by atoms with Crippen molar-refractivity contribution < 1.29 is 18.0 Å². The van der Waals surface area contributed by atoms with Crippen molar-refractivity contribution in [2.75, 3.05) is 25.1 Å². The fourth-order valence-electron chi connectivity index (χ4n) is 2.23. The minimum atomic E-state index is -2.45. The molecule has 2 aromatic rings. The first-order chi connectivity index (χ1) is 10.2. The molecule has 1 aliphatic rings. The van der Waals surface area contributed by atoms with Gasteiger partial charge in [0.25, 0.3) is 12.3 Å². The molecular formula is C14H15F2N3O2. The molecule has 0 unspecified atom stereocenters. The van der Waals surface area contributed by atoms with Crippen LogP contribution in [0.4, 0.5) is 14.5 Å². The van der Waals surface area contributed by atoms with Crippen molar-refractivity contribution >= 4 is 5.69 Å². The van der Waals surface area contributed by atoms with Crippen LogP contribution in [0.15, 0.2) is 22.7 Å². The van der Waals surface area contributed by atoms with Crippen LogP contribution in [0.2, 0.25) is 0 Å². The third-order valence-corrected chi connectivity index (χ3v) is 3.25. The van der Waals surface area contributed by atoms with Gasteiger partial charge < -0.3 is 14.6 Å². The van der Waals surface area contributed by atoms with Gasteiger partial charge in [0.1, 0.15) is 6.61 Å². The number of anilines is 1. The number of rotatable bonds is 6. The quantitative estimate of drug-likeness (QED) is 0.830. The molecule has 112 valence electrons. The Balaban J connectivity index is 1.62. The molecule has 0 saturated heterocycles. The van der Waals surface area contributed by atoms with Crippen LogP contribution in [0.1, 0.15) is 11.4 Å². The molecule has 1 aromatic carbocycles. The standard InChI is InChI=1S/C14H15F2N3O2/c15-12(16)8-20-6-4-13-18-14(21-19-13)10-2-1-9-3-5-17-11(9)7-10/h1-2,7,12,17H,3-6,8H2. The topological polar surface area (TPSA) is 60.2 Å². The van der Waals surface area contributed by atoms with Gasteiger partial charge in [-0.15, -0.1) is 0 Å². The van der Waals surface area contributed by atoms with Crippen molar-refractivity contribution in [1.29, 1.82) is 0 Å². The number of aromatic nitrogens is 2. The summed E-state index contributed by atoms with van der Waals surface area (Å²) in [6.45, 7) is 0.519. The van der Waals surface area contributed by atoms with Crippen molar-refractivity contribution in [2.45, 2.75) is 19.3 Å². The largest absolute Gasteiger partial charge is 0.384 e. The summed E-state index contributed by atoms with van der Waals surface area (Å²) in [7, 11) is 0. The summed E-state index contributed by atoms with van der Waals surface area (Å²) < 4.78 is 33.8. The maximum atomic E-state index is 11.9. The van der Waals surface area contributed by atoms with Crippen LogP contribution in [-0.2, 0) is 17.6 Å². The Morgan fingerprint density at radius 3 is 3.14 bits per heavy atom. The van der Waals surface area contributed by atoms with E-state index in [1.807, 2.05) is 18.2 Å². The molecule has 21 heavy (non-hydrogen) atoms. The molecule has 1 aromatic heterocycles. The van der Waals surface area contributed by atoms with Gasteiger partial charge in [-0.05, 0) is 24.1 Å². The van der Waals surface area contributed by atoms with Crippen LogP contribution in [0, 0.1) is 0 Å². The monoisotopic (exact) mass is 295 g/mol. The molecule has 1 aliphatic heterocycles. The lowest BCUT2D eigenvalue weighted by Crippen LogP contribution is -2.07. The maximum absolute atomic E-state index is 11.9. The first kappa shape index (κ1) is 13.9. The van der Waals surface area contributed by atoms with Crippen LogP contribution < -0.4 is 5.32 Å². The van der Waals surface area contributed by atoms with Gasteiger partial charge in [0, 0.05) is 24.2 Å². The van der Waals surface area contributed by atoms with Crippen molar-refractivity contribution in [1.82, 2.24) is 10.1 Å². The first-order valence-corrected chi connectivity index (χ1v) is 6.78. The number of hydrogen-bond acceptors (Lipinski definition) is 5. The fourth-order valence-corrected chi connectivity index (χ4v) is 2.23. The Morgan fingerprint density at radius 2 is 2.29 bits per heavy atom. The third-order valence-electron chi connectivity index (χ3n) is 3.25. The van der Waals surface area contributed by atoms with E-state index in [-0.39, 0.29) is 6.61 Å². The van der Waals surface area contributed by atoms with Gasteiger partial charge in [-0.2, -0.15) is 4.98 Å². The maximum Gasteiger partial charge on any atom is 0.261 e. The van der Waals surface area contributed by atoms with Crippen molar-refractivity contribution in [2.24, 2.45) is 0 Å². The second-order valence-electron chi connectivity index (χ2n) is 4.78. The number of alkyl halides is 2. The number of fused-ring (bicyclic) bond motifs is 1. The number of benzene rings is 1. The van der Waals surface area contributed by atoms with Gasteiger partial charge in [0.2, 0.25) is 0 Å². The summed E-state index contributed by atoms with van der Waals surface area (Å²) in [4.78, 5) is 4.25. The van der Waals surface area contributed by atoms with E-state index >= 15 is 0 Å². The highest BCUT2D eigenvalue weighted by molar-refractivity contribution is 5.66. The lowest BCUT2D eigenvalue weighted by molar-refractivity contribution is 0.0182. The van der Waals surface area contributed by atoms with E-state index in [2.05, 4.69) is 15.5 Å². The predicted molar refractivity (Wildman–Crippen MR) is 72.5 cm³/mol. The molecular weight excluding hydrogens is 280 g/mol. The van der Waals surface area contributed by atoms with E-state index < -0.39 is 13.0 Å². The molecule has 0 atom stereocenters. The summed E-state index contributed by atoms with van der Waals surface area (Å²) in [5.74, 6) is 0.878. The van der Waals surface area contributed by atoms with Crippen LogP contribution in [0.5, 0.6) is 0 Å². The molecule has 0 spiro atoms. The van der Waals surface area contributed by atoms with Gasteiger partial charge >= 0.3 is 0 Å². The summed E-state index contributed by atoms with van der Waals surface area (Å²) in [5, 5.41) is 7.12. The SMILES string of the molecule is FC(F)COCCc1noc(-c2ccc3c(c2)NCC3)n1. The van der Waals surface area contributed by atoms with E-state index in [1.54, 1.807) is 0 Å². The Hall–Kier alpha value is -2.02. The van der Waals surface area contributed by atoms with E-state index in [9.17, 15) is 8.78 Å². The highest BCUT2D eigenvalue weighted by Crippen LogP contribution is 2.28. The molecule has 5 nitrogen and oxygen atoms in total. The summed E-state index contributed by atoms with van der Waals surface area (Å²) in [6, 6.07) is 5.96. The highest BCUT2D eigenvalue weighted by Gasteiger charge is 2.14. The second kappa shape index (κ2) is 6.17.